The van der Waals surface area contributed by atoms with Crippen molar-refractivity contribution in [3.63, 3.8) is 0 Å². The Labute approximate surface area is 144 Å². The molecule has 122 valence electrons. The van der Waals surface area contributed by atoms with E-state index in [4.69, 9.17) is 0 Å². The second-order valence-corrected chi connectivity index (χ2v) is 5.85. The standard InChI is InChI=1S/C16H17N.C6H7N/c1-12-9-10-17-14(3)16(12)11-13(2)15-7-5-4-6-8-15;1-6-3-2-4-7-5-6/h4-11H,1-3H3;2-5H,1H3/b13-11+;. The zero-order valence-electron chi connectivity index (χ0n) is 14.8. The highest BCUT2D eigenvalue weighted by Gasteiger charge is 2.01. The summed E-state index contributed by atoms with van der Waals surface area (Å²) >= 11 is 0. The van der Waals surface area contributed by atoms with E-state index in [2.05, 4.69) is 67.1 Å². The molecule has 0 unspecified atom stereocenters. The Morgan fingerprint density at radius 3 is 2.17 bits per heavy atom. The number of hydrogen-bond donors (Lipinski definition) is 0. The smallest absolute Gasteiger partial charge is 0.0447 e. The number of rotatable bonds is 2. The van der Waals surface area contributed by atoms with Crippen LogP contribution in [0.2, 0.25) is 0 Å². The van der Waals surface area contributed by atoms with Crippen molar-refractivity contribution in [1.29, 1.82) is 0 Å². The van der Waals surface area contributed by atoms with Crippen molar-refractivity contribution in [2.75, 3.05) is 0 Å². The first-order valence-corrected chi connectivity index (χ1v) is 8.10. The Hall–Kier alpha value is -2.74. The van der Waals surface area contributed by atoms with Crippen molar-refractivity contribution in [2.45, 2.75) is 27.7 Å². The molecule has 0 radical (unpaired) electrons. The maximum atomic E-state index is 4.34. The van der Waals surface area contributed by atoms with E-state index in [9.17, 15) is 0 Å². The second kappa shape index (κ2) is 8.78. The van der Waals surface area contributed by atoms with E-state index >= 15 is 0 Å². The summed E-state index contributed by atoms with van der Waals surface area (Å²) in [5.74, 6) is 0. The summed E-state index contributed by atoms with van der Waals surface area (Å²) in [5, 5.41) is 0. The van der Waals surface area contributed by atoms with Crippen LogP contribution in [0, 0.1) is 20.8 Å². The van der Waals surface area contributed by atoms with Crippen LogP contribution in [0.25, 0.3) is 11.6 Å². The first-order chi connectivity index (χ1) is 11.6. The molecule has 24 heavy (non-hydrogen) atoms. The van der Waals surface area contributed by atoms with Crippen LogP contribution in [0.15, 0.2) is 67.1 Å². The second-order valence-electron chi connectivity index (χ2n) is 5.85. The lowest BCUT2D eigenvalue weighted by atomic mass is 10.0. The third kappa shape index (κ3) is 5.17. The Balaban J connectivity index is 0.000000249. The van der Waals surface area contributed by atoms with Crippen LogP contribution < -0.4 is 0 Å². The molecule has 3 aromatic rings. The summed E-state index contributed by atoms with van der Waals surface area (Å²) in [4.78, 5) is 8.23. The molecular weight excluding hydrogens is 292 g/mol. The Kier molecular flexibility index (Phi) is 6.44. The molecule has 2 aromatic heterocycles. The monoisotopic (exact) mass is 316 g/mol. The van der Waals surface area contributed by atoms with Crippen LogP contribution in [-0.4, -0.2) is 9.97 Å². The van der Waals surface area contributed by atoms with E-state index in [0.717, 1.165) is 5.69 Å². The molecule has 0 saturated carbocycles. The number of pyridine rings is 2. The zero-order valence-corrected chi connectivity index (χ0v) is 14.8. The quantitative estimate of drug-likeness (QED) is 0.610. The average molecular weight is 316 g/mol. The van der Waals surface area contributed by atoms with Gasteiger partial charge in [0.25, 0.3) is 0 Å². The summed E-state index contributed by atoms with van der Waals surface area (Å²) in [7, 11) is 0. The van der Waals surface area contributed by atoms with Gasteiger partial charge in [-0.2, -0.15) is 0 Å². The van der Waals surface area contributed by atoms with Gasteiger partial charge in [-0.1, -0.05) is 36.4 Å². The number of aromatic nitrogens is 2. The molecule has 0 amide bonds. The molecule has 0 fully saturated rings. The predicted octanol–water partition coefficient (Wildman–Crippen LogP) is 5.65. The lowest BCUT2D eigenvalue weighted by molar-refractivity contribution is 1.16. The van der Waals surface area contributed by atoms with Crippen LogP contribution in [-0.2, 0) is 0 Å². The minimum atomic E-state index is 1.08. The van der Waals surface area contributed by atoms with Gasteiger partial charge in [0.05, 0.1) is 0 Å². The lowest BCUT2D eigenvalue weighted by Crippen LogP contribution is -1.90. The maximum absolute atomic E-state index is 4.34. The molecule has 0 saturated heterocycles. The summed E-state index contributed by atoms with van der Waals surface area (Å²) in [6.45, 7) is 8.34. The Bertz CT molecular complexity index is 770. The maximum Gasteiger partial charge on any atom is 0.0447 e. The third-order valence-electron chi connectivity index (χ3n) is 3.81. The average Bonchev–Trinajstić information content (AvgIpc) is 2.60. The molecule has 0 spiro atoms. The molecule has 0 N–H and O–H groups in total. The fraction of sp³-hybridized carbons (Fsp3) is 0.182. The molecule has 0 aliphatic heterocycles. The van der Waals surface area contributed by atoms with E-state index in [0.29, 0.717) is 0 Å². The normalized spacial score (nSPS) is 10.8. The van der Waals surface area contributed by atoms with Gasteiger partial charge in [-0.25, -0.2) is 0 Å². The predicted molar refractivity (Wildman–Crippen MR) is 103 cm³/mol. The lowest BCUT2D eigenvalue weighted by Gasteiger charge is -2.06. The van der Waals surface area contributed by atoms with Crippen molar-refractivity contribution >= 4 is 11.6 Å². The summed E-state index contributed by atoms with van der Waals surface area (Å²) in [6.07, 6.45) is 7.68. The van der Waals surface area contributed by atoms with Gasteiger partial charge < -0.3 is 0 Å². The highest BCUT2D eigenvalue weighted by Crippen LogP contribution is 2.20. The first-order valence-electron chi connectivity index (χ1n) is 8.10. The van der Waals surface area contributed by atoms with Crippen LogP contribution in [0.4, 0.5) is 0 Å². The van der Waals surface area contributed by atoms with Gasteiger partial charge in [-0.15, -0.1) is 0 Å². The number of allylic oxidation sites excluding steroid dienone is 1. The highest BCUT2D eigenvalue weighted by atomic mass is 14.7. The zero-order chi connectivity index (χ0) is 17.4. The molecule has 3 rings (SSSR count). The number of benzene rings is 1. The SMILES string of the molecule is C/C(=C\c1c(C)ccnc1C)c1ccccc1.Cc1cccnc1. The minimum absolute atomic E-state index is 1.08. The van der Waals surface area contributed by atoms with Crippen LogP contribution in [0.3, 0.4) is 0 Å². The Morgan fingerprint density at radius 2 is 1.62 bits per heavy atom. The number of aryl methyl sites for hydroxylation is 3. The van der Waals surface area contributed by atoms with E-state index in [1.807, 2.05) is 37.5 Å². The minimum Gasteiger partial charge on any atom is -0.264 e. The van der Waals surface area contributed by atoms with Gasteiger partial charge in [0.2, 0.25) is 0 Å². The van der Waals surface area contributed by atoms with Gasteiger partial charge >= 0.3 is 0 Å². The largest absolute Gasteiger partial charge is 0.264 e. The molecular formula is C22H24N2. The van der Waals surface area contributed by atoms with Crippen LogP contribution >= 0.6 is 0 Å². The molecule has 0 bridgehead atoms. The fourth-order valence-corrected chi connectivity index (χ4v) is 2.37. The van der Waals surface area contributed by atoms with Gasteiger partial charge in [-0.3, -0.25) is 9.97 Å². The van der Waals surface area contributed by atoms with Gasteiger partial charge in [-0.05, 0) is 73.7 Å². The Morgan fingerprint density at radius 1 is 0.875 bits per heavy atom. The van der Waals surface area contributed by atoms with Gasteiger partial charge in [0.15, 0.2) is 0 Å². The summed E-state index contributed by atoms with van der Waals surface area (Å²) in [6, 6.07) is 16.4. The van der Waals surface area contributed by atoms with E-state index in [1.54, 1.807) is 6.20 Å². The topological polar surface area (TPSA) is 25.8 Å². The van der Waals surface area contributed by atoms with Crippen molar-refractivity contribution in [1.82, 2.24) is 9.97 Å². The van der Waals surface area contributed by atoms with Crippen LogP contribution in [0.1, 0.15) is 34.9 Å². The molecule has 0 atom stereocenters. The fourth-order valence-electron chi connectivity index (χ4n) is 2.37. The van der Waals surface area contributed by atoms with Crippen molar-refractivity contribution in [3.05, 3.63) is 95.1 Å². The third-order valence-corrected chi connectivity index (χ3v) is 3.81. The van der Waals surface area contributed by atoms with Crippen molar-refractivity contribution < 1.29 is 0 Å². The van der Waals surface area contributed by atoms with Crippen molar-refractivity contribution in [3.8, 4) is 0 Å². The molecule has 0 aliphatic carbocycles. The van der Waals surface area contributed by atoms with E-state index < -0.39 is 0 Å². The van der Waals surface area contributed by atoms with Gasteiger partial charge in [0, 0.05) is 24.3 Å². The van der Waals surface area contributed by atoms with Crippen molar-refractivity contribution in [2.24, 2.45) is 0 Å². The number of nitrogens with zero attached hydrogens (tertiary/aromatic N) is 2. The molecule has 2 nitrogen and oxygen atoms in total. The highest BCUT2D eigenvalue weighted by molar-refractivity contribution is 5.81. The van der Waals surface area contributed by atoms with Gasteiger partial charge in [0.1, 0.15) is 0 Å². The summed E-state index contributed by atoms with van der Waals surface area (Å²) < 4.78 is 0. The summed E-state index contributed by atoms with van der Waals surface area (Å²) in [5.41, 5.74) is 7.32. The molecule has 2 heterocycles. The van der Waals surface area contributed by atoms with E-state index in [-0.39, 0.29) is 0 Å². The molecule has 0 aliphatic rings. The van der Waals surface area contributed by atoms with E-state index in [1.165, 1.54) is 27.8 Å². The molecule has 2 heteroatoms. The van der Waals surface area contributed by atoms with Crippen LogP contribution in [0.5, 0.6) is 0 Å². The first kappa shape index (κ1) is 17.6. The number of hydrogen-bond acceptors (Lipinski definition) is 2. The molecule has 1 aromatic carbocycles.